The maximum absolute atomic E-state index is 12.3. The quantitative estimate of drug-likeness (QED) is 0.322. The molecule has 0 N–H and O–H groups in total. The van der Waals surface area contributed by atoms with Crippen LogP contribution in [0.3, 0.4) is 0 Å². The van der Waals surface area contributed by atoms with E-state index in [-0.39, 0.29) is 0 Å². The Morgan fingerprint density at radius 2 is 1.88 bits per heavy atom. The fourth-order valence-corrected chi connectivity index (χ4v) is 1.98. The van der Waals surface area contributed by atoms with Gasteiger partial charge in [0.25, 0.3) is 5.91 Å². The van der Waals surface area contributed by atoms with Crippen molar-refractivity contribution >= 4 is 18.1 Å². The first-order valence-electron chi connectivity index (χ1n) is 5.42. The van der Waals surface area contributed by atoms with Crippen LogP contribution < -0.4 is 0 Å². The second-order valence-corrected chi connectivity index (χ2v) is 4.83. The SMILES string of the molecule is C=CC1(C)C(=O)N(C(C)(C)C=O)C(=O)/C1=C/C. The van der Waals surface area contributed by atoms with Crippen LogP contribution in [-0.4, -0.2) is 28.5 Å². The fourth-order valence-electron chi connectivity index (χ4n) is 1.98. The highest BCUT2D eigenvalue weighted by atomic mass is 16.2. The van der Waals surface area contributed by atoms with Crippen LogP contribution in [0.1, 0.15) is 27.7 Å². The monoisotopic (exact) mass is 235 g/mol. The predicted octanol–water partition coefficient (Wildman–Crippen LogP) is 1.47. The van der Waals surface area contributed by atoms with Crippen LogP contribution in [0.2, 0.25) is 0 Å². The molecule has 1 rings (SSSR count). The summed E-state index contributed by atoms with van der Waals surface area (Å²) in [6, 6.07) is 0. The van der Waals surface area contributed by atoms with Crippen molar-refractivity contribution in [3.63, 3.8) is 0 Å². The van der Waals surface area contributed by atoms with Crippen LogP contribution in [-0.2, 0) is 14.4 Å². The van der Waals surface area contributed by atoms with E-state index in [0.29, 0.717) is 11.9 Å². The van der Waals surface area contributed by atoms with Gasteiger partial charge in [-0.05, 0) is 27.7 Å². The highest BCUT2D eigenvalue weighted by Gasteiger charge is 2.54. The summed E-state index contributed by atoms with van der Waals surface area (Å²) in [5, 5.41) is 0. The van der Waals surface area contributed by atoms with Crippen molar-refractivity contribution in [3.05, 3.63) is 24.3 Å². The van der Waals surface area contributed by atoms with Gasteiger partial charge in [-0.3, -0.25) is 14.5 Å². The lowest BCUT2D eigenvalue weighted by Gasteiger charge is -2.29. The topological polar surface area (TPSA) is 54.5 Å². The highest BCUT2D eigenvalue weighted by molar-refractivity contribution is 6.19. The molecule has 0 aromatic carbocycles. The first-order chi connectivity index (χ1) is 7.76. The molecular weight excluding hydrogens is 218 g/mol. The third-order valence-corrected chi connectivity index (χ3v) is 3.20. The summed E-state index contributed by atoms with van der Waals surface area (Å²) in [6.07, 6.45) is 3.65. The van der Waals surface area contributed by atoms with Gasteiger partial charge in [-0.15, -0.1) is 6.58 Å². The minimum absolute atomic E-state index is 0.368. The Kier molecular flexibility index (Phi) is 3.10. The molecule has 1 aliphatic heterocycles. The van der Waals surface area contributed by atoms with Gasteiger partial charge in [0.2, 0.25) is 5.91 Å². The van der Waals surface area contributed by atoms with Gasteiger partial charge in [-0.2, -0.15) is 0 Å². The molecule has 1 heterocycles. The molecule has 1 fully saturated rings. The third kappa shape index (κ3) is 1.64. The Balaban J connectivity index is 3.43. The summed E-state index contributed by atoms with van der Waals surface area (Å²) in [5.41, 5.74) is -1.80. The largest absolute Gasteiger partial charge is 0.301 e. The molecule has 4 nitrogen and oxygen atoms in total. The van der Waals surface area contributed by atoms with E-state index in [9.17, 15) is 14.4 Å². The molecule has 2 amide bonds. The zero-order valence-corrected chi connectivity index (χ0v) is 10.6. The van der Waals surface area contributed by atoms with Gasteiger partial charge < -0.3 is 4.79 Å². The molecule has 17 heavy (non-hydrogen) atoms. The van der Waals surface area contributed by atoms with E-state index >= 15 is 0 Å². The summed E-state index contributed by atoms with van der Waals surface area (Å²) < 4.78 is 0. The molecule has 0 aliphatic carbocycles. The Labute approximate surface area is 101 Å². The standard InChI is InChI=1S/C13H17NO3/c1-6-9-10(16)14(12(3,4)8-15)11(17)13(9,5)7-2/h6-8H,2H2,1,3-5H3/b9-6-. The van der Waals surface area contributed by atoms with E-state index in [0.717, 1.165) is 4.90 Å². The minimum Gasteiger partial charge on any atom is -0.301 e. The van der Waals surface area contributed by atoms with Crippen molar-refractivity contribution in [2.24, 2.45) is 5.41 Å². The number of allylic oxidation sites excluding steroid dienone is 1. The van der Waals surface area contributed by atoms with Crippen molar-refractivity contribution in [2.75, 3.05) is 0 Å². The van der Waals surface area contributed by atoms with Gasteiger partial charge in [0, 0.05) is 5.57 Å². The average molecular weight is 235 g/mol. The van der Waals surface area contributed by atoms with Crippen LogP contribution >= 0.6 is 0 Å². The van der Waals surface area contributed by atoms with Crippen molar-refractivity contribution in [1.29, 1.82) is 0 Å². The number of imide groups is 1. The molecule has 0 radical (unpaired) electrons. The molecule has 0 spiro atoms. The highest BCUT2D eigenvalue weighted by Crippen LogP contribution is 2.41. The molecule has 0 aromatic rings. The number of hydrogen-bond acceptors (Lipinski definition) is 3. The molecular formula is C13H17NO3. The molecule has 0 aromatic heterocycles. The molecule has 1 saturated heterocycles. The summed E-state index contributed by atoms with van der Waals surface area (Å²) in [4.78, 5) is 36.5. The molecule has 0 bridgehead atoms. The van der Waals surface area contributed by atoms with Gasteiger partial charge in [0.15, 0.2) is 0 Å². The minimum atomic E-state index is -1.14. The summed E-state index contributed by atoms with van der Waals surface area (Å²) >= 11 is 0. The molecule has 1 atom stereocenters. The zero-order valence-electron chi connectivity index (χ0n) is 10.6. The Morgan fingerprint density at radius 3 is 2.18 bits per heavy atom. The van der Waals surface area contributed by atoms with Crippen molar-refractivity contribution in [1.82, 2.24) is 4.90 Å². The van der Waals surface area contributed by atoms with Gasteiger partial charge in [-0.25, -0.2) is 0 Å². The molecule has 4 heteroatoms. The van der Waals surface area contributed by atoms with Crippen LogP contribution in [0.25, 0.3) is 0 Å². The first kappa shape index (κ1) is 13.4. The number of carbonyl (C=O) groups excluding carboxylic acids is 3. The second-order valence-electron chi connectivity index (χ2n) is 4.83. The van der Waals surface area contributed by atoms with Crippen LogP contribution in [0.5, 0.6) is 0 Å². The number of rotatable bonds is 3. The molecule has 1 unspecified atom stereocenters. The van der Waals surface area contributed by atoms with E-state index in [1.54, 1.807) is 19.9 Å². The van der Waals surface area contributed by atoms with Crippen molar-refractivity contribution < 1.29 is 14.4 Å². The summed E-state index contributed by atoms with van der Waals surface area (Å²) in [5.74, 6) is -0.820. The summed E-state index contributed by atoms with van der Waals surface area (Å²) in [6.45, 7) is 10.0. The smallest absolute Gasteiger partial charge is 0.258 e. The predicted molar refractivity (Wildman–Crippen MR) is 64.1 cm³/mol. The zero-order chi connectivity index (χ0) is 13.4. The summed E-state index contributed by atoms with van der Waals surface area (Å²) in [7, 11) is 0. The van der Waals surface area contributed by atoms with Crippen LogP contribution in [0, 0.1) is 5.41 Å². The number of amides is 2. The molecule has 92 valence electrons. The van der Waals surface area contributed by atoms with E-state index in [4.69, 9.17) is 0 Å². The Bertz CT molecular complexity index is 434. The number of nitrogens with zero attached hydrogens (tertiary/aromatic N) is 1. The Hall–Kier alpha value is -1.71. The van der Waals surface area contributed by atoms with Crippen LogP contribution in [0.4, 0.5) is 0 Å². The molecule has 0 saturated carbocycles. The van der Waals surface area contributed by atoms with E-state index < -0.39 is 22.8 Å². The van der Waals surface area contributed by atoms with Crippen molar-refractivity contribution in [2.45, 2.75) is 33.2 Å². The van der Waals surface area contributed by atoms with E-state index in [1.165, 1.54) is 19.9 Å². The van der Waals surface area contributed by atoms with Gasteiger partial charge in [-0.1, -0.05) is 12.2 Å². The van der Waals surface area contributed by atoms with Gasteiger partial charge >= 0.3 is 0 Å². The number of aldehydes is 1. The van der Waals surface area contributed by atoms with Crippen molar-refractivity contribution in [3.8, 4) is 0 Å². The lowest BCUT2D eigenvalue weighted by Crippen LogP contribution is -2.49. The Morgan fingerprint density at radius 1 is 1.35 bits per heavy atom. The maximum atomic E-state index is 12.3. The second kappa shape index (κ2) is 3.95. The fraction of sp³-hybridized carbons (Fsp3) is 0.462. The van der Waals surface area contributed by atoms with Gasteiger partial charge in [0.1, 0.15) is 11.8 Å². The average Bonchev–Trinajstić information content (AvgIpc) is 2.48. The van der Waals surface area contributed by atoms with Crippen LogP contribution in [0.15, 0.2) is 24.3 Å². The number of hydrogen-bond donors (Lipinski definition) is 0. The number of carbonyl (C=O) groups is 3. The maximum Gasteiger partial charge on any atom is 0.258 e. The normalized spacial score (nSPS) is 27.8. The lowest BCUT2D eigenvalue weighted by molar-refractivity contribution is -0.148. The van der Waals surface area contributed by atoms with E-state index in [1.807, 2.05) is 0 Å². The lowest BCUT2D eigenvalue weighted by atomic mass is 9.84. The molecule has 1 aliphatic rings. The third-order valence-electron chi connectivity index (χ3n) is 3.20. The number of likely N-dealkylation sites (tertiary alicyclic amines) is 1. The van der Waals surface area contributed by atoms with Gasteiger partial charge in [0.05, 0.1) is 5.41 Å². The van der Waals surface area contributed by atoms with E-state index in [2.05, 4.69) is 6.58 Å². The first-order valence-corrected chi connectivity index (χ1v) is 5.42.